The Morgan fingerprint density at radius 2 is 1.91 bits per heavy atom. The fraction of sp³-hybridized carbons (Fsp3) is 0.609. The zero-order chi connectivity index (χ0) is 22.9. The standard InChI is InChI=1S/C23H31ClN4O3S/c1-23(2,3)21(29)28-17(4-5-18-6-7-20(24)32-18)14-19(25-28)16-8-9-27(15-16)22(30)26-10-12-31-13-11-26/h6-7,14,16H,4-5,8-13,15H2,1-3H3. The van der Waals surface area contributed by atoms with Crippen LogP contribution in [0.2, 0.25) is 4.34 Å². The summed E-state index contributed by atoms with van der Waals surface area (Å²) >= 11 is 7.64. The molecule has 4 heterocycles. The maximum absolute atomic E-state index is 13.1. The van der Waals surface area contributed by atoms with Crippen LogP contribution in [0.25, 0.3) is 0 Å². The summed E-state index contributed by atoms with van der Waals surface area (Å²) in [6.45, 7) is 9.58. The fourth-order valence-electron chi connectivity index (χ4n) is 4.18. The Balaban J connectivity index is 1.50. The van der Waals surface area contributed by atoms with Crippen LogP contribution in [-0.2, 0) is 17.6 Å². The quantitative estimate of drug-likeness (QED) is 0.656. The van der Waals surface area contributed by atoms with Crippen LogP contribution in [0.1, 0.15) is 54.2 Å². The first-order valence-electron chi connectivity index (χ1n) is 11.2. The Hall–Kier alpha value is -1.90. The predicted molar refractivity (Wildman–Crippen MR) is 126 cm³/mol. The molecule has 1 atom stereocenters. The zero-order valence-corrected chi connectivity index (χ0v) is 20.5. The lowest BCUT2D eigenvalue weighted by molar-refractivity contribution is 0.0450. The Morgan fingerprint density at radius 3 is 2.56 bits per heavy atom. The van der Waals surface area contributed by atoms with Gasteiger partial charge in [0.1, 0.15) is 0 Å². The highest BCUT2D eigenvalue weighted by atomic mass is 35.5. The van der Waals surface area contributed by atoms with E-state index in [-0.39, 0.29) is 17.9 Å². The molecule has 0 radical (unpaired) electrons. The number of urea groups is 1. The maximum atomic E-state index is 13.1. The van der Waals surface area contributed by atoms with Crippen molar-refractivity contribution in [3.05, 3.63) is 38.8 Å². The lowest BCUT2D eigenvalue weighted by atomic mass is 9.95. The van der Waals surface area contributed by atoms with E-state index in [2.05, 4.69) is 6.07 Å². The first kappa shape index (κ1) is 23.3. The second-order valence-corrected chi connectivity index (χ2v) is 11.3. The monoisotopic (exact) mass is 478 g/mol. The van der Waals surface area contributed by atoms with Gasteiger partial charge in [0, 0.05) is 48.1 Å². The van der Waals surface area contributed by atoms with Crippen molar-refractivity contribution in [3.8, 4) is 0 Å². The van der Waals surface area contributed by atoms with E-state index >= 15 is 0 Å². The van der Waals surface area contributed by atoms with Crippen LogP contribution in [0, 0.1) is 5.41 Å². The van der Waals surface area contributed by atoms with Crippen molar-refractivity contribution in [3.63, 3.8) is 0 Å². The molecule has 2 aromatic heterocycles. The number of rotatable bonds is 4. The van der Waals surface area contributed by atoms with E-state index in [4.69, 9.17) is 21.4 Å². The van der Waals surface area contributed by atoms with Gasteiger partial charge in [-0.25, -0.2) is 9.48 Å². The van der Waals surface area contributed by atoms with Crippen molar-refractivity contribution in [2.45, 2.75) is 46.0 Å². The van der Waals surface area contributed by atoms with Crippen LogP contribution in [0.4, 0.5) is 4.79 Å². The van der Waals surface area contributed by atoms with E-state index in [1.54, 1.807) is 16.0 Å². The molecule has 2 aliphatic heterocycles. The molecule has 174 valence electrons. The van der Waals surface area contributed by atoms with Gasteiger partial charge in [0.05, 0.1) is 23.2 Å². The summed E-state index contributed by atoms with van der Waals surface area (Å²) in [4.78, 5) is 30.9. The molecule has 2 fully saturated rings. The number of nitrogens with zero attached hydrogens (tertiary/aromatic N) is 4. The molecule has 0 N–H and O–H groups in total. The Kier molecular flexibility index (Phi) is 6.93. The van der Waals surface area contributed by atoms with Gasteiger partial charge in [-0.1, -0.05) is 32.4 Å². The van der Waals surface area contributed by atoms with Crippen molar-refractivity contribution < 1.29 is 14.3 Å². The first-order chi connectivity index (χ1) is 15.2. The number of hydrogen-bond acceptors (Lipinski definition) is 5. The third kappa shape index (κ3) is 5.18. The summed E-state index contributed by atoms with van der Waals surface area (Å²) in [7, 11) is 0. The van der Waals surface area contributed by atoms with Gasteiger partial charge < -0.3 is 14.5 Å². The lowest BCUT2D eigenvalue weighted by Gasteiger charge is -2.30. The molecule has 1 unspecified atom stereocenters. The molecule has 2 amide bonds. The molecule has 0 aliphatic carbocycles. The summed E-state index contributed by atoms with van der Waals surface area (Å²) in [5, 5.41) is 4.76. The number of likely N-dealkylation sites (tertiary alicyclic amines) is 1. The number of ether oxygens (including phenoxy) is 1. The first-order valence-corrected chi connectivity index (χ1v) is 12.4. The van der Waals surface area contributed by atoms with Crippen LogP contribution >= 0.6 is 22.9 Å². The summed E-state index contributed by atoms with van der Waals surface area (Å²) in [6.07, 6.45) is 2.39. The summed E-state index contributed by atoms with van der Waals surface area (Å²) < 4.78 is 7.73. The highest BCUT2D eigenvalue weighted by Crippen LogP contribution is 2.30. The highest BCUT2D eigenvalue weighted by Gasteiger charge is 2.34. The Morgan fingerprint density at radius 1 is 1.16 bits per heavy atom. The second kappa shape index (κ2) is 9.53. The molecule has 9 heteroatoms. The summed E-state index contributed by atoms with van der Waals surface area (Å²) in [5.41, 5.74) is 1.29. The van der Waals surface area contributed by atoms with Crippen LogP contribution < -0.4 is 0 Å². The number of aromatic nitrogens is 2. The van der Waals surface area contributed by atoms with Gasteiger partial charge in [0.25, 0.3) is 5.91 Å². The normalized spacial score (nSPS) is 19.6. The number of hydrogen-bond donors (Lipinski definition) is 0. The van der Waals surface area contributed by atoms with Crippen molar-refractivity contribution in [1.29, 1.82) is 0 Å². The predicted octanol–water partition coefficient (Wildman–Crippen LogP) is 4.31. The van der Waals surface area contributed by atoms with Crippen molar-refractivity contribution >= 4 is 34.9 Å². The van der Waals surface area contributed by atoms with E-state index < -0.39 is 5.41 Å². The summed E-state index contributed by atoms with van der Waals surface area (Å²) in [6, 6.07) is 6.08. The smallest absolute Gasteiger partial charge is 0.320 e. The topological polar surface area (TPSA) is 67.7 Å². The molecule has 0 spiro atoms. The number of thiophene rings is 1. The molecule has 0 saturated carbocycles. The number of amides is 2. The number of halogens is 1. The SMILES string of the molecule is CC(C)(C)C(=O)n1nc(C2CCN(C(=O)N3CCOCC3)C2)cc1CCc1ccc(Cl)s1. The third-order valence-corrected chi connectivity index (χ3v) is 7.34. The minimum Gasteiger partial charge on any atom is -0.378 e. The number of aryl methyl sites for hydroxylation is 2. The average molecular weight is 479 g/mol. The molecule has 4 rings (SSSR count). The van der Waals surface area contributed by atoms with Gasteiger partial charge in [0.2, 0.25) is 0 Å². The molecule has 0 bridgehead atoms. The van der Waals surface area contributed by atoms with E-state index in [1.807, 2.05) is 42.7 Å². The van der Waals surface area contributed by atoms with Crippen LogP contribution in [0.15, 0.2) is 18.2 Å². The fourth-order valence-corrected chi connectivity index (χ4v) is 5.27. The Labute approximate surface area is 198 Å². The minimum atomic E-state index is -0.529. The van der Waals surface area contributed by atoms with Gasteiger partial charge in [-0.3, -0.25) is 4.79 Å². The molecule has 32 heavy (non-hydrogen) atoms. The molecular formula is C23H31ClN4O3S. The molecule has 2 aromatic rings. The maximum Gasteiger partial charge on any atom is 0.320 e. The van der Waals surface area contributed by atoms with E-state index in [0.29, 0.717) is 39.4 Å². The number of carbonyl (C=O) groups excluding carboxylic acids is 2. The summed E-state index contributed by atoms with van der Waals surface area (Å²) in [5.74, 6) is 0.131. The van der Waals surface area contributed by atoms with Gasteiger partial charge in [-0.05, 0) is 37.5 Å². The van der Waals surface area contributed by atoms with Gasteiger partial charge in [-0.2, -0.15) is 5.10 Å². The van der Waals surface area contributed by atoms with Crippen molar-refractivity contribution in [1.82, 2.24) is 19.6 Å². The highest BCUT2D eigenvalue weighted by molar-refractivity contribution is 7.16. The molecule has 2 aliphatic rings. The third-order valence-electron chi connectivity index (χ3n) is 6.05. The van der Waals surface area contributed by atoms with E-state index in [1.165, 1.54) is 4.88 Å². The number of morpholine rings is 1. The van der Waals surface area contributed by atoms with Crippen molar-refractivity contribution in [2.75, 3.05) is 39.4 Å². The molecule has 7 nitrogen and oxygen atoms in total. The van der Waals surface area contributed by atoms with Crippen LogP contribution in [0.5, 0.6) is 0 Å². The van der Waals surface area contributed by atoms with E-state index in [0.717, 1.165) is 35.0 Å². The molecule has 2 saturated heterocycles. The largest absolute Gasteiger partial charge is 0.378 e. The van der Waals surface area contributed by atoms with Gasteiger partial charge in [0.15, 0.2) is 0 Å². The second-order valence-electron chi connectivity index (χ2n) is 9.55. The molecule has 0 aromatic carbocycles. The van der Waals surface area contributed by atoms with Gasteiger partial charge >= 0.3 is 6.03 Å². The van der Waals surface area contributed by atoms with Gasteiger partial charge in [-0.15, -0.1) is 11.3 Å². The Bertz CT molecular complexity index is 974. The van der Waals surface area contributed by atoms with Crippen LogP contribution in [-0.4, -0.2) is 70.9 Å². The minimum absolute atomic E-state index is 0.0118. The van der Waals surface area contributed by atoms with Crippen LogP contribution in [0.3, 0.4) is 0 Å². The average Bonchev–Trinajstić information content (AvgIpc) is 3.50. The lowest BCUT2D eigenvalue weighted by Crippen LogP contribution is -2.47. The van der Waals surface area contributed by atoms with E-state index in [9.17, 15) is 9.59 Å². The number of carbonyl (C=O) groups is 2. The molecular weight excluding hydrogens is 448 g/mol. The zero-order valence-electron chi connectivity index (χ0n) is 19.0. The van der Waals surface area contributed by atoms with Crippen molar-refractivity contribution in [2.24, 2.45) is 5.41 Å².